The molecule has 186 valence electrons. The fraction of sp³-hybridized carbons (Fsp3) is 0.640. The lowest BCUT2D eigenvalue weighted by Gasteiger charge is -2.33. The average Bonchev–Trinajstić information content (AvgIpc) is 3.48. The normalized spacial score (nSPS) is 29.3. The summed E-state index contributed by atoms with van der Waals surface area (Å²) in [7, 11) is 1.58. The number of hydrogen-bond donors (Lipinski definition) is 3. The van der Waals surface area contributed by atoms with Gasteiger partial charge in [-0.1, -0.05) is 6.92 Å². The third-order valence-corrected chi connectivity index (χ3v) is 7.32. The molecule has 1 aromatic rings. The monoisotopic (exact) mass is 473 g/mol. The zero-order valence-electron chi connectivity index (χ0n) is 19.9. The molecule has 2 unspecified atom stereocenters. The Bertz CT molecular complexity index is 906. The molecule has 0 aliphatic carbocycles. The third kappa shape index (κ3) is 4.27. The number of unbranched alkanes of at least 4 members (excludes halogenated alkanes) is 2. The molecule has 2 bridgehead atoms. The van der Waals surface area contributed by atoms with Gasteiger partial charge in [0.1, 0.15) is 17.4 Å². The van der Waals surface area contributed by atoms with Crippen molar-refractivity contribution in [2.24, 2.45) is 11.8 Å². The molecule has 0 saturated carbocycles. The van der Waals surface area contributed by atoms with E-state index in [1.165, 1.54) is 0 Å². The molecule has 5 atom stereocenters. The quantitative estimate of drug-likeness (QED) is 0.421. The van der Waals surface area contributed by atoms with E-state index in [0.29, 0.717) is 50.2 Å². The Labute approximate surface area is 200 Å². The summed E-state index contributed by atoms with van der Waals surface area (Å²) in [5.74, 6) is -1.21. The summed E-state index contributed by atoms with van der Waals surface area (Å²) in [6.45, 7) is 3.00. The van der Waals surface area contributed by atoms with Gasteiger partial charge >= 0.3 is 0 Å². The maximum absolute atomic E-state index is 13.7. The number of aliphatic hydroxyl groups is 1. The van der Waals surface area contributed by atoms with E-state index >= 15 is 0 Å². The van der Waals surface area contributed by atoms with Crippen molar-refractivity contribution >= 4 is 23.4 Å². The van der Waals surface area contributed by atoms with Crippen LogP contribution in [0.5, 0.6) is 5.75 Å². The van der Waals surface area contributed by atoms with E-state index in [1.807, 2.05) is 6.92 Å². The van der Waals surface area contributed by atoms with Crippen LogP contribution in [0.1, 0.15) is 45.4 Å². The van der Waals surface area contributed by atoms with Gasteiger partial charge in [-0.25, -0.2) is 0 Å². The fourth-order valence-corrected chi connectivity index (χ4v) is 5.82. The molecule has 3 aliphatic heterocycles. The number of nitrogens with zero attached hydrogens (tertiary/aromatic N) is 1. The van der Waals surface area contributed by atoms with Crippen LogP contribution in [0.4, 0.5) is 5.69 Å². The van der Waals surface area contributed by atoms with Crippen LogP contribution in [0.2, 0.25) is 0 Å². The molecule has 9 heteroatoms. The summed E-state index contributed by atoms with van der Waals surface area (Å²) in [6, 6.07) is 6.21. The number of rotatable bonds is 11. The van der Waals surface area contributed by atoms with E-state index in [2.05, 4.69) is 10.6 Å². The van der Waals surface area contributed by atoms with Gasteiger partial charge in [0.25, 0.3) is 0 Å². The molecular formula is C25H35N3O6. The number of amides is 3. The molecule has 9 nitrogen and oxygen atoms in total. The third-order valence-electron chi connectivity index (χ3n) is 7.32. The largest absolute Gasteiger partial charge is 0.497 e. The Morgan fingerprint density at radius 3 is 2.65 bits per heavy atom. The van der Waals surface area contributed by atoms with Gasteiger partial charge in [0.2, 0.25) is 17.7 Å². The number of anilines is 1. The minimum absolute atomic E-state index is 0.0896. The molecule has 1 spiro atoms. The first-order valence-corrected chi connectivity index (χ1v) is 12.3. The van der Waals surface area contributed by atoms with Crippen molar-refractivity contribution in [2.45, 2.75) is 63.2 Å². The maximum Gasteiger partial charge on any atom is 0.250 e. The highest BCUT2D eigenvalue weighted by Crippen LogP contribution is 2.58. The first kappa shape index (κ1) is 24.5. The van der Waals surface area contributed by atoms with Gasteiger partial charge in [0, 0.05) is 25.4 Å². The summed E-state index contributed by atoms with van der Waals surface area (Å²) >= 11 is 0. The van der Waals surface area contributed by atoms with Crippen LogP contribution in [-0.2, 0) is 19.1 Å². The van der Waals surface area contributed by atoms with Crippen molar-refractivity contribution in [1.29, 1.82) is 0 Å². The van der Waals surface area contributed by atoms with Crippen molar-refractivity contribution in [1.82, 2.24) is 10.2 Å². The summed E-state index contributed by atoms with van der Waals surface area (Å²) in [4.78, 5) is 42.0. The van der Waals surface area contributed by atoms with Crippen molar-refractivity contribution in [2.75, 3.05) is 32.1 Å². The van der Waals surface area contributed by atoms with E-state index in [0.717, 1.165) is 12.8 Å². The summed E-state index contributed by atoms with van der Waals surface area (Å²) in [5, 5.41) is 15.0. The van der Waals surface area contributed by atoms with E-state index in [4.69, 9.17) is 14.6 Å². The Kier molecular flexibility index (Phi) is 7.42. The van der Waals surface area contributed by atoms with Gasteiger partial charge < -0.3 is 30.1 Å². The molecular weight excluding hydrogens is 438 g/mol. The fourth-order valence-electron chi connectivity index (χ4n) is 5.82. The maximum atomic E-state index is 13.7. The first-order valence-electron chi connectivity index (χ1n) is 12.3. The molecule has 3 amide bonds. The van der Waals surface area contributed by atoms with Crippen LogP contribution in [-0.4, -0.2) is 72.3 Å². The molecule has 3 N–H and O–H groups in total. The summed E-state index contributed by atoms with van der Waals surface area (Å²) < 4.78 is 11.6. The SMILES string of the molecule is CCCNC(=O)[C@@H]1[C@H]2C(=O)N(CCCCCO)C(C(=O)Nc3ccc(OC)cc3)C23CC[C@H]1O3. The van der Waals surface area contributed by atoms with Crippen LogP contribution in [0.15, 0.2) is 24.3 Å². The minimum atomic E-state index is -0.997. The van der Waals surface area contributed by atoms with Crippen LogP contribution in [0, 0.1) is 11.8 Å². The molecule has 0 aromatic heterocycles. The highest BCUT2D eigenvalue weighted by molar-refractivity contribution is 6.03. The smallest absolute Gasteiger partial charge is 0.250 e. The van der Waals surface area contributed by atoms with Crippen LogP contribution in [0.3, 0.4) is 0 Å². The van der Waals surface area contributed by atoms with Crippen LogP contribution < -0.4 is 15.4 Å². The topological polar surface area (TPSA) is 117 Å². The number of likely N-dealkylation sites (tertiary alicyclic amines) is 1. The number of methoxy groups -OCH3 is 1. The molecule has 3 aliphatic rings. The van der Waals surface area contributed by atoms with Gasteiger partial charge in [-0.05, 0) is 62.8 Å². The predicted octanol–water partition coefficient (Wildman–Crippen LogP) is 1.70. The molecule has 4 rings (SSSR count). The Morgan fingerprint density at radius 2 is 1.97 bits per heavy atom. The number of hydrogen-bond acceptors (Lipinski definition) is 6. The highest BCUT2D eigenvalue weighted by atomic mass is 16.5. The van der Waals surface area contributed by atoms with E-state index in [9.17, 15) is 14.4 Å². The second-order valence-electron chi connectivity index (χ2n) is 9.38. The van der Waals surface area contributed by atoms with Gasteiger partial charge in [0.05, 0.1) is 25.0 Å². The molecule has 3 fully saturated rings. The summed E-state index contributed by atoms with van der Waals surface area (Å²) in [6.07, 6.45) is 3.72. The number of aliphatic hydroxyl groups excluding tert-OH is 1. The number of nitrogens with one attached hydrogen (secondary N) is 2. The molecule has 3 saturated heterocycles. The number of ether oxygens (including phenoxy) is 2. The van der Waals surface area contributed by atoms with Crippen molar-refractivity contribution < 1.29 is 29.0 Å². The second kappa shape index (κ2) is 10.3. The van der Waals surface area contributed by atoms with Gasteiger partial charge in [-0.15, -0.1) is 0 Å². The molecule has 1 aromatic carbocycles. The number of benzene rings is 1. The highest BCUT2D eigenvalue weighted by Gasteiger charge is 2.74. The molecule has 3 heterocycles. The van der Waals surface area contributed by atoms with E-state index < -0.39 is 23.5 Å². The number of carbonyl (C=O) groups is 3. The van der Waals surface area contributed by atoms with Gasteiger partial charge in [-0.2, -0.15) is 0 Å². The van der Waals surface area contributed by atoms with Crippen molar-refractivity contribution in [3.05, 3.63) is 24.3 Å². The Balaban J connectivity index is 1.60. The molecule has 0 radical (unpaired) electrons. The zero-order valence-corrected chi connectivity index (χ0v) is 19.9. The lowest BCUT2D eigenvalue weighted by Crippen LogP contribution is -2.53. The minimum Gasteiger partial charge on any atom is -0.497 e. The number of fused-ring (bicyclic) bond motifs is 1. The summed E-state index contributed by atoms with van der Waals surface area (Å²) in [5.41, 5.74) is -0.396. The lowest BCUT2D eigenvalue weighted by atomic mass is 9.70. The Morgan fingerprint density at radius 1 is 1.21 bits per heavy atom. The average molecular weight is 474 g/mol. The second-order valence-corrected chi connectivity index (χ2v) is 9.38. The Hall–Kier alpha value is -2.65. The van der Waals surface area contributed by atoms with Crippen LogP contribution >= 0.6 is 0 Å². The lowest BCUT2D eigenvalue weighted by molar-refractivity contribution is -0.140. The van der Waals surface area contributed by atoms with E-state index in [1.54, 1.807) is 36.3 Å². The van der Waals surface area contributed by atoms with Crippen molar-refractivity contribution in [3.63, 3.8) is 0 Å². The zero-order chi connectivity index (χ0) is 24.3. The van der Waals surface area contributed by atoms with Gasteiger partial charge in [0.15, 0.2) is 0 Å². The first-order chi connectivity index (χ1) is 16.5. The van der Waals surface area contributed by atoms with Gasteiger partial charge in [-0.3, -0.25) is 14.4 Å². The molecule has 34 heavy (non-hydrogen) atoms. The number of carbonyl (C=O) groups excluding carboxylic acids is 3. The van der Waals surface area contributed by atoms with E-state index in [-0.39, 0.29) is 30.4 Å². The van der Waals surface area contributed by atoms with Crippen molar-refractivity contribution in [3.8, 4) is 5.75 Å². The standard InChI is InChI=1S/C25H35N3O6/c1-3-13-26-22(30)19-18-11-12-25(34-18)20(19)24(32)28(14-5-4-6-15-29)21(25)23(31)27-16-7-9-17(33-2)10-8-16/h7-10,18-21,29H,3-6,11-15H2,1-2H3,(H,26,30)(H,27,31)/t18-,19+,20+,21?,25?/m1/s1. The predicted molar refractivity (Wildman–Crippen MR) is 125 cm³/mol. The van der Waals surface area contributed by atoms with Crippen LogP contribution in [0.25, 0.3) is 0 Å².